The molecule has 0 saturated carbocycles. The van der Waals surface area contributed by atoms with E-state index in [4.69, 9.17) is 33.7 Å². The van der Waals surface area contributed by atoms with E-state index in [2.05, 4.69) is 21.0 Å². The third kappa shape index (κ3) is 3.99. The molecule has 2 aromatic rings. The summed E-state index contributed by atoms with van der Waals surface area (Å²) in [4.78, 5) is 0. The molecule has 0 aliphatic carbocycles. The van der Waals surface area contributed by atoms with Crippen LogP contribution in [-0.2, 0) is 17.7 Å². The van der Waals surface area contributed by atoms with Gasteiger partial charge in [0.25, 0.3) is 0 Å². The lowest BCUT2D eigenvalue weighted by atomic mass is 10.0. The zero-order valence-electron chi connectivity index (χ0n) is 11.5. The number of hydrogen-bond acceptors (Lipinski definition) is 3. The molecule has 7 heteroatoms. The lowest BCUT2D eigenvalue weighted by Gasteiger charge is -2.16. The number of ether oxygens (including phenoxy) is 1. The van der Waals surface area contributed by atoms with Crippen molar-refractivity contribution in [2.75, 3.05) is 13.7 Å². The molecule has 4 nitrogen and oxygen atoms in total. The van der Waals surface area contributed by atoms with Crippen molar-refractivity contribution in [3.05, 3.63) is 50.2 Å². The summed E-state index contributed by atoms with van der Waals surface area (Å²) in [5.74, 6) is 0. The maximum absolute atomic E-state index is 6.33. The van der Waals surface area contributed by atoms with Gasteiger partial charge < -0.3 is 10.5 Å². The molecule has 0 spiro atoms. The highest BCUT2D eigenvalue weighted by molar-refractivity contribution is 9.10. The first-order valence-electron chi connectivity index (χ1n) is 6.43. The molecule has 0 radical (unpaired) electrons. The van der Waals surface area contributed by atoms with Crippen LogP contribution >= 0.6 is 39.1 Å². The van der Waals surface area contributed by atoms with E-state index in [9.17, 15) is 0 Å². The van der Waals surface area contributed by atoms with Gasteiger partial charge in [0.05, 0.1) is 35.6 Å². The minimum Gasteiger partial charge on any atom is -0.383 e. The van der Waals surface area contributed by atoms with Crippen LogP contribution in [0.4, 0.5) is 0 Å². The zero-order valence-corrected chi connectivity index (χ0v) is 14.6. The monoisotopic (exact) mass is 391 g/mol. The van der Waals surface area contributed by atoms with Crippen LogP contribution in [0.5, 0.6) is 0 Å². The molecule has 0 fully saturated rings. The van der Waals surface area contributed by atoms with Gasteiger partial charge in [0, 0.05) is 17.2 Å². The molecule has 2 rings (SSSR count). The summed E-state index contributed by atoms with van der Waals surface area (Å²) in [5, 5.41) is 5.55. The molecule has 0 saturated heterocycles. The highest BCUT2D eigenvalue weighted by atomic mass is 79.9. The van der Waals surface area contributed by atoms with Gasteiger partial charge in [-0.1, -0.05) is 29.3 Å². The summed E-state index contributed by atoms with van der Waals surface area (Å²) in [6, 6.07) is 5.17. The summed E-state index contributed by atoms with van der Waals surface area (Å²) < 4.78 is 7.79. The van der Waals surface area contributed by atoms with Crippen molar-refractivity contribution in [1.29, 1.82) is 0 Å². The first kappa shape index (κ1) is 16.8. The van der Waals surface area contributed by atoms with Gasteiger partial charge in [-0.15, -0.1) is 0 Å². The van der Waals surface area contributed by atoms with Crippen LogP contribution in [0.2, 0.25) is 10.0 Å². The molecule has 2 N–H and O–H groups in total. The fraction of sp³-hybridized carbons (Fsp3) is 0.357. The Balaban J connectivity index is 2.24. The fourth-order valence-electron chi connectivity index (χ4n) is 2.14. The van der Waals surface area contributed by atoms with Crippen LogP contribution < -0.4 is 5.73 Å². The van der Waals surface area contributed by atoms with Crippen LogP contribution in [-0.4, -0.2) is 23.5 Å². The standard InChI is InChI=1S/C14H16BrCl2N3O/c1-21-6-5-20-14(10(15)8-19-20)13(18)7-9-11(16)3-2-4-12(9)17/h2-4,8,13H,5-7,18H2,1H3. The first-order chi connectivity index (χ1) is 10.0. The van der Waals surface area contributed by atoms with Gasteiger partial charge in [0.15, 0.2) is 0 Å². The molecule has 0 amide bonds. The number of nitrogens with zero attached hydrogens (tertiary/aromatic N) is 2. The molecular formula is C14H16BrCl2N3O. The number of benzene rings is 1. The second-order valence-corrected chi connectivity index (χ2v) is 6.27. The molecule has 0 aliphatic heterocycles. The van der Waals surface area contributed by atoms with Crippen molar-refractivity contribution < 1.29 is 4.74 Å². The maximum atomic E-state index is 6.33. The van der Waals surface area contributed by atoms with Gasteiger partial charge in [-0.2, -0.15) is 5.10 Å². The average Bonchev–Trinajstić information content (AvgIpc) is 2.81. The lowest BCUT2D eigenvalue weighted by molar-refractivity contribution is 0.182. The van der Waals surface area contributed by atoms with Crippen molar-refractivity contribution in [3.63, 3.8) is 0 Å². The quantitative estimate of drug-likeness (QED) is 0.812. The summed E-state index contributed by atoms with van der Waals surface area (Å²) in [7, 11) is 1.65. The average molecular weight is 393 g/mol. The van der Waals surface area contributed by atoms with E-state index in [1.807, 2.05) is 22.9 Å². The molecule has 1 aromatic heterocycles. The number of methoxy groups -OCH3 is 1. The summed E-state index contributed by atoms with van der Waals surface area (Å²) in [5.41, 5.74) is 8.09. The summed E-state index contributed by atoms with van der Waals surface area (Å²) >= 11 is 15.9. The smallest absolute Gasteiger partial charge is 0.0697 e. The molecule has 1 atom stereocenters. The van der Waals surface area contributed by atoms with Crippen molar-refractivity contribution >= 4 is 39.1 Å². The van der Waals surface area contributed by atoms with E-state index >= 15 is 0 Å². The SMILES string of the molecule is COCCn1ncc(Br)c1C(N)Cc1c(Cl)cccc1Cl. The molecule has 0 aliphatic rings. The number of nitrogens with two attached hydrogens (primary N) is 1. The van der Waals surface area contributed by atoms with Gasteiger partial charge in [-0.3, -0.25) is 4.68 Å². The van der Waals surface area contributed by atoms with Crippen molar-refractivity contribution in [3.8, 4) is 0 Å². The summed E-state index contributed by atoms with van der Waals surface area (Å²) in [6.45, 7) is 1.21. The third-order valence-electron chi connectivity index (χ3n) is 3.18. The molecule has 21 heavy (non-hydrogen) atoms. The van der Waals surface area contributed by atoms with Gasteiger partial charge in [-0.25, -0.2) is 0 Å². The third-order valence-corrected chi connectivity index (χ3v) is 4.50. The van der Waals surface area contributed by atoms with Gasteiger partial charge in [0.2, 0.25) is 0 Å². The topological polar surface area (TPSA) is 53.1 Å². The van der Waals surface area contributed by atoms with Crippen molar-refractivity contribution in [1.82, 2.24) is 9.78 Å². The van der Waals surface area contributed by atoms with Crippen LogP contribution in [0, 0.1) is 0 Å². The number of hydrogen-bond donors (Lipinski definition) is 1. The molecular weight excluding hydrogens is 377 g/mol. The van der Waals surface area contributed by atoms with Gasteiger partial charge in [0.1, 0.15) is 0 Å². The van der Waals surface area contributed by atoms with E-state index in [0.717, 1.165) is 15.7 Å². The fourth-order valence-corrected chi connectivity index (χ4v) is 3.28. The van der Waals surface area contributed by atoms with Gasteiger partial charge in [-0.05, 0) is 40.0 Å². The summed E-state index contributed by atoms with van der Waals surface area (Å²) in [6.07, 6.45) is 2.27. The normalized spacial score (nSPS) is 12.6. The van der Waals surface area contributed by atoms with Crippen LogP contribution in [0.1, 0.15) is 17.3 Å². The Labute approximate surface area is 142 Å². The second-order valence-electron chi connectivity index (χ2n) is 4.60. The molecule has 1 unspecified atom stereocenters. The van der Waals surface area contributed by atoms with E-state index < -0.39 is 0 Å². The minimum atomic E-state index is -0.267. The Hall–Kier alpha value is -0.590. The second kappa shape index (κ2) is 7.61. The van der Waals surface area contributed by atoms with Crippen molar-refractivity contribution in [2.45, 2.75) is 19.0 Å². The van der Waals surface area contributed by atoms with Gasteiger partial charge >= 0.3 is 0 Å². The number of halogens is 3. The Kier molecular flexibility index (Phi) is 6.08. The van der Waals surface area contributed by atoms with E-state index in [0.29, 0.717) is 29.6 Å². The van der Waals surface area contributed by atoms with Crippen LogP contribution in [0.25, 0.3) is 0 Å². The van der Waals surface area contributed by atoms with E-state index in [1.165, 1.54) is 0 Å². The first-order valence-corrected chi connectivity index (χ1v) is 7.98. The molecule has 0 bridgehead atoms. The largest absolute Gasteiger partial charge is 0.383 e. The van der Waals surface area contributed by atoms with Crippen LogP contribution in [0.15, 0.2) is 28.9 Å². The molecule has 1 aromatic carbocycles. The van der Waals surface area contributed by atoms with Crippen LogP contribution in [0.3, 0.4) is 0 Å². The Morgan fingerprint density at radius 2 is 2.05 bits per heavy atom. The number of rotatable bonds is 6. The predicted octanol–water partition coefficient (Wildman–Crippen LogP) is 3.84. The van der Waals surface area contributed by atoms with Crippen molar-refractivity contribution in [2.24, 2.45) is 5.73 Å². The molecule has 114 valence electrons. The molecule has 1 heterocycles. The Bertz CT molecular complexity index is 598. The predicted molar refractivity (Wildman–Crippen MR) is 88.9 cm³/mol. The zero-order chi connectivity index (χ0) is 15.4. The Morgan fingerprint density at radius 3 is 2.67 bits per heavy atom. The Morgan fingerprint density at radius 1 is 1.38 bits per heavy atom. The van der Waals surface area contributed by atoms with E-state index in [1.54, 1.807) is 13.3 Å². The number of aromatic nitrogens is 2. The maximum Gasteiger partial charge on any atom is 0.0697 e. The lowest BCUT2D eigenvalue weighted by Crippen LogP contribution is -2.20. The van der Waals surface area contributed by atoms with E-state index in [-0.39, 0.29) is 6.04 Å². The highest BCUT2D eigenvalue weighted by Crippen LogP contribution is 2.30. The highest BCUT2D eigenvalue weighted by Gasteiger charge is 2.19. The minimum absolute atomic E-state index is 0.267.